The molecule has 0 atom stereocenters. The molecule has 0 aliphatic rings. The second-order valence-electron chi connectivity index (χ2n) is 13.1. The molecule has 0 unspecified atom stereocenters. The van der Waals surface area contributed by atoms with Crippen molar-refractivity contribution in [3.05, 3.63) is 56.7 Å². The van der Waals surface area contributed by atoms with Gasteiger partial charge < -0.3 is 4.74 Å². The van der Waals surface area contributed by atoms with Crippen molar-refractivity contribution in [3.63, 3.8) is 0 Å². The summed E-state index contributed by atoms with van der Waals surface area (Å²) in [6, 6.07) is 12.6. The molecule has 0 bridgehead atoms. The lowest BCUT2D eigenvalue weighted by atomic mass is 10.1. The van der Waals surface area contributed by atoms with Crippen LogP contribution in [0.15, 0.2) is 51.2 Å². The summed E-state index contributed by atoms with van der Waals surface area (Å²) in [5.74, 6) is 0.791. The van der Waals surface area contributed by atoms with E-state index in [-0.39, 0.29) is 5.56 Å². The van der Waals surface area contributed by atoms with Gasteiger partial charge >= 0.3 is 0 Å². The van der Waals surface area contributed by atoms with E-state index in [1.54, 1.807) is 22.7 Å². The van der Waals surface area contributed by atoms with E-state index in [0.29, 0.717) is 13.2 Å². The van der Waals surface area contributed by atoms with Gasteiger partial charge in [0, 0.05) is 26.6 Å². The maximum Gasteiger partial charge on any atom is 0.260 e. The number of rotatable bonds is 25. The SMILES string of the molecule is CCCCCCCCCCCCOc1cnc2c(c1)cc(-c1ccc(-c3ccc(Br)s3)s1)c(=O)n2CCCCCCCCCCCC. The van der Waals surface area contributed by atoms with E-state index >= 15 is 0 Å². The number of aromatic nitrogens is 2. The highest BCUT2D eigenvalue weighted by Gasteiger charge is 2.16. The lowest BCUT2D eigenvalue weighted by Gasteiger charge is -2.13. The van der Waals surface area contributed by atoms with E-state index < -0.39 is 0 Å². The van der Waals surface area contributed by atoms with Crippen molar-refractivity contribution >= 4 is 49.6 Å². The van der Waals surface area contributed by atoms with Crippen molar-refractivity contribution in [2.75, 3.05) is 6.61 Å². The molecule has 0 N–H and O–H groups in total. The Kier molecular flexibility index (Phi) is 17.6. The zero-order valence-electron chi connectivity index (χ0n) is 29.0. The number of ether oxygens (including phenoxy) is 1. The molecular weight excluding hydrogens is 684 g/mol. The molecule has 4 aromatic rings. The van der Waals surface area contributed by atoms with E-state index in [0.717, 1.165) is 50.3 Å². The first-order chi connectivity index (χ1) is 23.1. The van der Waals surface area contributed by atoms with Crippen LogP contribution in [-0.2, 0) is 6.54 Å². The topological polar surface area (TPSA) is 44.1 Å². The van der Waals surface area contributed by atoms with Crippen LogP contribution in [0.4, 0.5) is 0 Å². The van der Waals surface area contributed by atoms with Crippen LogP contribution in [-0.4, -0.2) is 16.2 Å². The summed E-state index contributed by atoms with van der Waals surface area (Å²) in [4.78, 5) is 22.2. The first-order valence-corrected chi connectivity index (χ1v) is 21.1. The first-order valence-electron chi connectivity index (χ1n) is 18.6. The van der Waals surface area contributed by atoms with E-state index in [1.165, 1.54) is 119 Å². The molecular formula is C40H57BrN2O2S2. The van der Waals surface area contributed by atoms with Crippen LogP contribution in [0.3, 0.4) is 0 Å². The lowest BCUT2D eigenvalue weighted by Crippen LogP contribution is -2.23. The van der Waals surface area contributed by atoms with E-state index in [1.807, 2.05) is 16.8 Å². The molecule has 4 heterocycles. The molecule has 4 rings (SSSR count). The number of nitrogens with zero attached hydrogens (tertiary/aromatic N) is 2. The molecule has 0 aliphatic carbocycles. The molecule has 4 aromatic heterocycles. The van der Waals surface area contributed by atoms with Crippen LogP contribution in [0.25, 0.3) is 31.2 Å². The van der Waals surface area contributed by atoms with Gasteiger partial charge in [-0.1, -0.05) is 129 Å². The number of aryl methyl sites for hydroxylation is 1. The molecule has 258 valence electrons. The standard InChI is InChI=1S/C40H57BrN2O2S2/c1-3-5-7-9-11-13-15-17-19-21-27-43-39-32(29-33(31-42-39)45-28-22-20-18-16-14-12-10-8-6-4-2)30-34(40(43)44)35-23-24-36(46-35)37-25-26-38(41)47-37/h23-26,29-31H,3-22,27-28H2,1-2H3. The van der Waals surface area contributed by atoms with Gasteiger partial charge in [0.2, 0.25) is 0 Å². The smallest absolute Gasteiger partial charge is 0.260 e. The maximum absolute atomic E-state index is 14.0. The predicted molar refractivity (Wildman–Crippen MR) is 210 cm³/mol. The van der Waals surface area contributed by atoms with Crippen molar-refractivity contribution in [3.8, 4) is 25.9 Å². The third-order valence-corrected chi connectivity index (χ3v) is 12.0. The number of unbranched alkanes of at least 4 members (excludes halogenated alkanes) is 18. The Hall–Kier alpha value is -1.96. The van der Waals surface area contributed by atoms with Gasteiger partial charge in [0.15, 0.2) is 0 Å². The summed E-state index contributed by atoms with van der Waals surface area (Å²) in [5, 5.41) is 0.973. The minimum atomic E-state index is 0.0562. The van der Waals surface area contributed by atoms with Gasteiger partial charge in [0.05, 0.1) is 22.2 Å². The van der Waals surface area contributed by atoms with Crippen LogP contribution in [0.5, 0.6) is 5.75 Å². The predicted octanol–water partition coefficient (Wildman–Crippen LogP) is 13.8. The molecule has 7 heteroatoms. The Morgan fingerprint density at radius 2 is 1.19 bits per heavy atom. The van der Waals surface area contributed by atoms with Crippen molar-refractivity contribution in [1.82, 2.24) is 9.55 Å². The fraction of sp³-hybridized carbons (Fsp3) is 0.600. The number of thiophene rings is 2. The quantitative estimate of drug-likeness (QED) is 0.0635. The Labute approximate surface area is 300 Å². The van der Waals surface area contributed by atoms with Gasteiger partial charge in [-0.05, 0) is 65.2 Å². The normalized spacial score (nSPS) is 11.6. The fourth-order valence-electron chi connectivity index (χ4n) is 6.31. The maximum atomic E-state index is 14.0. The summed E-state index contributed by atoms with van der Waals surface area (Å²) in [5.41, 5.74) is 1.57. The highest BCUT2D eigenvalue weighted by atomic mass is 79.9. The molecule has 47 heavy (non-hydrogen) atoms. The van der Waals surface area contributed by atoms with Gasteiger partial charge in [-0.2, -0.15) is 0 Å². The summed E-state index contributed by atoms with van der Waals surface area (Å²) < 4.78 is 9.22. The van der Waals surface area contributed by atoms with E-state index in [4.69, 9.17) is 9.72 Å². The van der Waals surface area contributed by atoms with Crippen molar-refractivity contribution < 1.29 is 4.74 Å². The molecule has 0 saturated heterocycles. The monoisotopic (exact) mass is 740 g/mol. The summed E-state index contributed by atoms with van der Waals surface area (Å²) >= 11 is 7.00. The zero-order valence-corrected chi connectivity index (χ0v) is 32.2. The Morgan fingerprint density at radius 1 is 0.660 bits per heavy atom. The summed E-state index contributed by atoms with van der Waals surface area (Å²) in [7, 11) is 0. The molecule has 0 aromatic carbocycles. The van der Waals surface area contributed by atoms with Crippen LogP contribution >= 0.6 is 38.6 Å². The Balaban J connectivity index is 1.38. The third-order valence-electron chi connectivity index (χ3n) is 9.09. The largest absolute Gasteiger partial charge is 0.492 e. The van der Waals surface area contributed by atoms with Crippen LogP contribution in [0.1, 0.15) is 142 Å². The van der Waals surface area contributed by atoms with Gasteiger partial charge in [0.25, 0.3) is 5.56 Å². The molecule has 0 radical (unpaired) electrons. The number of pyridine rings is 2. The molecule has 0 saturated carbocycles. The van der Waals surface area contributed by atoms with Crippen LogP contribution in [0, 0.1) is 0 Å². The minimum absolute atomic E-state index is 0.0562. The Morgan fingerprint density at radius 3 is 1.79 bits per heavy atom. The van der Waals surface area contributed by atoms with Crippen molar-refractivity contribution in [1.29, 1.82) is 0 Å². The highest BCUT2D eigenvalue weighted by molar-refractivity contribution is 9.11. The number of hydrogen-bond donors (Lipinski definition) is 0. The van der Waals surface area contributed by atoms with Gasteiger partial charge in [-0.3, -0.25) is 9.36 Å². The van der Waals surface area contributed by atoms with Gasteiger partial charge in [0.1, 0.15) is 11.4 Å². The molecule has 0 aliphatic heterocycles. The number of hydrogen-bond acceptors (Lipinski definition) is 5. The molecule has 0 spiro atoms. The highest BCUT2D eigenvalue weighted by Crippen LogP contribution is 2.38. The molecule has 0 amide bonds. The average molecular weight is 742 g/mol. The van der Waals surface area contributed by atoms with Crippen LogP contribution in [0.2, 0.25) is 0 Å². The Bertz CT molecular complexity index is 1510. The number of halogens is 1. The molecule has 0 fully saturated rings. The summed E-state index contributed by atoms with van der Waals surface area (Å²) in [6.45, 7) is 5.95. The first kappa shape index (κ1) is 37.9. The summed E-state index contributed by atoms with van der Waals surface area (Å²) in [6.07, 6.45) is 27.7. The van der Waals surface area contributed by atoms with Crippen molar-refractivity contribution in [2.45, 2.75) is 149 Å². The van der Waals surface area contributed by atoms with Gasteiger partial charge in [-0.15, -0.1) is 22.7 Å². The average Bonchev–Trinajstić information content (AvgIpc) is 3.74. The fourth-order valence-corrected chi connectivity index (χ4v) is 8.80. The molecule has 4 nitrogen and oxygen atoms in total. The second-order valence-corrected chi connectivity index (χ2v) is 16.6. The third kappa shape index (κ3) is 12.8. The van der Waals surface area contributed by atoms with Gasteiger partial charge in [-0.25, -0.2) is 4.98 Å². The zero-order chi connectivity index (χ0) is 33.1. The van der Waals surface area contributed by atoms with E-state index in [9.17, 15) is 4.79 Å². The number of fused-ring (bicyclic) bond motifs is 1. The van der Waals surface area contributed by atoms with E-state index in [2.05, 4.69) is 60.1 Å². The van der Waals surface area contributed by atoms with Crippen molar-refractivity contribution in [2.24, 2.45) is 0 Å². The second kappa shape index (κ2) is 21.9. The lowest BCUT2D eigenvalue weighted by molar-refractivity contribution is 0.303. The van der Waals surface area contributed by atoms with Crippen LogP contribution < -0.4 is 10.3 Å². The minimum Gasteiger partial charge on any atom is -0.492 e.